The van der Waals surface area contributed by atoms with Crippen molar-refractivity contribution in [2.75, 3.05) is 19.3 Å². The number of carbonyl (C=O) groups is 8. The highest BCUT2D eigenvalue weighted by Gasteiger charge is 2.47. The van der Waals surface area contributed by atoms with Gasteiger partial charge in [0.1, 0.15) is 29.8 Å². The Labute approximate surface area is 418 Å². The number of primary amides is 1. The average molecular weight is 1020 g/mol. The van der Waals surface area contributed by atoms with Crippen LogP contribution in [0.2, 0.25) is 0 Å². The molecule has 72 heavy (non-hydrogen) atoms. The predicted molar refractivity (Wildman–Crippen MR) is 262 cm³/mol. The zero-order valence-corrected chi connectivity index (χ0v) is 42.4. The van der Waals surface area contributed by atoms with Crippen molar-refractivity contribution in [2.45, 2.75) is 151 Å². The molecule has 0 radical (unpaired) electrons. The summed E-state index contributed by atoms with van der Waals surface area (Å²) in [5.41, 5.74) is 7.13. The number of sulfone groups is 1. The lowest BCUT2D eigenvalue weighted by Crippen LogP contribution is -2.62. The number of ether oxygens (including phenoxy) is 1. The van der Waals surface area contributed by atoms with Crippen molar-refractivity contribution in [1.82, 2.24) is 40.2 Å². The van der Waals surface area contributed by atoms with Crippen LogP contribution in [0.3, 0.4) is 0 Å². The second kappa shape index (κ2) is 22.0. The molecule has 22 heteroatoms. The number of piperidine rings is 1. The van der Waals surface area contributed by atoms with Crippen LogP contribution in [0.4, 0.5) is 4.79 Å². The molecule has 5 atom stereocenters. The van der Waals surface area contributed by atoms with E-state index in [2.05, 4.69) is 21.3 Å². The first-order valence-corrected chi connectivity index (χ1v) is 26.7. The molecule has 0 bridgehead atoms. The Balaban J connectivity index is 0.983. The lowest BCUT2D eigenvalue weighted by molar-refractivity contribution is -0.147. The van der Waals surface area contributed by atoms with Gasteiger partial charge in [-0.3, -0.25) is 48.0 Å². The van der Waals surface area contributed by atoms with Gasteiger partial charge >= 0.3 is 11.8 Å². The average Bonchev–Trinajstić information content (AvgIpc) is 3.85. The molecule has 390 valence electrons. The van der Waals surface area contributed by atoms with Gasteiger partial charge in [0.15, 0.2) is 9.84 Å². The number of alkyl carbamates (subject to hydrolysis) is 1. The third-order valence-corrected chi connectivity index (χ3v) is 15.5. The molecular weight excluding hydrogens is 951 g/mol. The number of hydrogen-bond acceptors (Lipinski definition) is 12. The molecule has 6 N–H and O–H groups in total. The number of carbonyl (C=O) groups excluding carboxylic acids is 8. The molecule has 3 saturated heterocycles. The molecule has 3 aliphatic heterocycles. The maximum absolute atomic E-state index is 14.7. The summed E-state index contributed by atoms with van der Waals surface area (Å²) >= 11 is 0. The van der Waals surface area contributed by atoms with Crippen LogP contribution in [0.1, 0.15) is 115 Å². The molecule has 2 aromatic carbocycles. The largest absolute Gasteiger partial charge is 0.444 e. The zero-order valence-electron chi connectivity index (χ0n) is 41.6. The summed E-state index contributed by atoms with van der Waals surface area (Å²) in [6.07, 6.45) is 5.77. The van der Waals surface area contributed by atoms with Crippen LogP contribution < -0.4 is 32.7 Å². The number of aromatic nitrogens is 2. The molecule has 1 unspecified atom stereocenters. The van der Waals surface area contributed by atoms with E-state index in [0.717, 1.165) is 37.5 Å². The number of benzene rings is 2. The molecule has 4 fully saturated rings. The Morgan fingerprint density at radius 3 is 2.24 bits per heavy atom. The quantitative estimate of drug-likeness (QED) is 0.137. The molecule has 1 aliphatic carbocycles. The summed E-state index contributed by atoms with van der Waals surface area (Å²) in [5.74, 6) is -3.43. The van der Waals surface area contributed by atoms with Gasteiger partial charge in [-0.25, -0.2) is 18.0 Å². The number of hydrogen-bond donors (Lipinski definition) is 5. The van der Waals surface area contributed by atoms with E-state index in [1.807, 2.05) is 18.2 Å². The molecule has 21 nitrogen and oxygen atoms in total. The number of imide groups is 1. The van der Waals surface area contributed by atoms with Gasteiger partial charge in [0.2, 0.25) is 41.4 Å². The Hall–Kier alpha value is -6.58. The summed E-state index contributed by atoms with van der Waals surface area (Å²) in [6, 6.07) is 6.96. The fourth-order valence-electron chi connectivity index (χ4n) is 10.5. The van der Waals surface area contributed by atoms with Crippen LogP contribution in [0.25, 0.3) is 11.0 Å². The van der Waals surface area contributed by atoms with E-state index < -0.39 is 81.3 Å². The maximum Gasteiger partial charge on any atom is 0.408 e. The first kappa shape index (κ1) is 53.2. The van der Waals surface area contributed by atoms with Crippen LogP contribution in [-0.4, -0.2) is 124 Å². The summed E-state index contributed by atoms with van der Waals surface area (Å²) < 4.78 is 32.3. The Bertz CT molecular complexity index is 2770. The van der Waals surface area contributed by atoms with Crippen LogP contribution >= 0.6 is 0 Å². The highest BCUT2D eigenvalue weighted by molar-refractivity contribution is 7.90. The number of amides is 8. The third kappa shape index (κ3) is 12.7. The standard InChI is InChI=1S/C50H67N9O12S/c1-50(2,3)71-48(67)54-36-28-57(46(65)32-13-8-29(9-14-32)6-7-30-12-19-37-40(26-30)56(4)49(68)59(37)39-21-23-42(61)55-45(39)64)25-24-33-15-20-38(58(33)47(36)66)44(63)53-35(18-22-41(51)60)43(62)52-27-31-10-16-34(17-11-31)72(5,69)70/h10-12,16-17,19,26,29,32-33,35-36,38-39H,6-9,13-15,18,20-25,27-28H2,1-5H3,(H2,51,60)(H,52,62)(H,53,63)(H,54,67)(H,55,61,64)/t29?,32?,33-,35+,36+,38+,39?/m1/s1. The van der Waals surface area contributed by atoms with Crippen LogP contribution in [0.5, 0.6) is 0 Å². The van der Waals surface area contributed by atoms with Gasteiger partial charge in [-0.2, -0.15) is 0 Å². The molecule has 1 saturated carbocycles. The Morgan fingerprint density at radius 2 is 1.58 bits per heavy atom. The fraction of sp³-hybridized carbons (Fsp3) is 0.580. The lowest BCUT2D eigenvalue weighted by Gasteiger charge is -2.40. The van der Waals surface area contributed by atoms with Gasteiger partial charge < -0.3 is 36.2 Å². The topological polar surface area (TPSA) is 287 Å². The minimum Gasteiger partial charge on any atom is -0.444 e. The first-order valence-electron chi connectivity index (χ1n) is 24.8. The van der Waals surface area contributed by atoms with E-state index in [-0.39, 0.29) is 80.1 Å². The maximum atomic E-state index is 14.7. The van der Waals surface area contributed by atoms with Crippen LogP contribution in [-0.2, 0) is 68.1 Å². The van der Waals surface area contributed by atoms with Gasteiger partial charge in [-0.05, 0) is 133 Å². The summed E-state index contributed by atoms with van der Waals surface area (Å²) in [4.78, 5) is 123. The second-order valence-corrected chi connectivity index (χ2v) is 22.7. The van der Waals surface area contributed by atoms with E-state index in [1.54, 1.807) is 44.9 Å². The molecule has 1 aromatic heterocycles. The third-order valence-electron chi connectivity index (χ3n) is 14.3. The number of rotatable bonds is 15. The van der Waals surface area contributed by atoms with Crippen molar-refractivity contribution < 1.29 is 51.5 Å². The smallest absolute Gasteiger partial charge is 0.408 e. The van der Waals surface area contributed by atoms with Gasteiger partial charge in [0.05, 0.1) is 22.5 Å². The highest BCUT2D eigenvalue weighted by atomic mass is 32.2. The van der Waals surface area contributed by atoms with E-state index in [9.17, 15) is 51.6 Å². The van der Waals surface area contributed by atoms with Crippen LogP contribution in [0, 0.1) is 11.8 Å². The van der Waals surface area contributed by atoms with Gasteiger partial charge in [0.25, 0.3) is 0 Å². The summed E-state index contributed by atoms with van der Waals surface area (Å²) in [6.45, 7) is 5.15. The van der Waals surface area contributed by atoms with Gasteiger partial charge in [-0.15, -0.1) is 0 Å². The van der Waals surface area contributed by atoms with Gasteiger partial charge in [0, 0.05) is 51.2 Å². The minimum atomic E-state index is -3.43. The number of nitrogens with two attached hydrogens (primary N) is 1. The van der Waals surface area contributed by atoms with E-state index >= 15 is 0 Å². The summed E-state index contributed by atoms with van der Waals surface area (Å²) in [7, 11) is -1.77. The number of nitrogens with one attached hydrogen (secondary N) is 4. The molecule has 3 aromatic rings. The van der Waals surface area contributed by atoms with E-state index in [1.165, 1.54) is 26.2 Å². The number of aryl methyl sites for hydroxylation is 2. The van der Waals surface area contributed by atoms with Gasteiger partial charge in [-0.1, -0.05) is 18.2 Å². The molecule has 4 heterocycles. The molecule has 8 amide bonds. The van der Waals surface area contributed by atoms with Crippen molar-refractivity contribution >= 4 is 68.3 Å². The zero-order chi connectivity index (χ0) is 52.2. The number of fused-ring (bicyclic) bond motifs is 2. The first-order chi connectivity index (χ1) is 34.0. The fourth-order valence-corrected chi connectivity index (χ4v) is 11.1. The molecule has 7 rings (SSSR count). The van der Waals surface area contributed by atoms with Crippen molar-refractivity contribution in [2.24, 2.45) is 24.6 Å². The normalized spacial score (nSPS) is 23.3. The Kier molecular flexibility index (Phi) is 16.3. The number of imidazole rings is 1. The Morgan fingerprint density at radius 1 is 0.889 bits per heavy atom. The van der Waals surface area contributed by atoms with Crippen LogP contribution in [0.15, 0.2) is 52.2 Å². The molecule has 0 spiro atoms. The number of nitrogens with zero attached hydrogens (tertiary/aromatic N) is 4. The molecule has 4 aliphatic rings. The predicted octanol–water partition coefficient (Wildman–Crippen LogP) is 2.01. The van der Waals surface area contributed by atoms with E-state index in [0.29, 0.717) is 48.2 Å². The molecular formula is C50H67N9O12S. The minimum absolute atomic E-state index is 0.00739. The van der Waals surface area contributed by atoms with Crippen molar-refractivity contribution in [3.63, 3.8) is 0 Å². The highest BCUT2D eigenvalue weighted by Crippen LogP contribution is 2.35. The van der Waals surface area contributed by atoms with Crippen molar-refractivity contribution in [1.29, 1.82) is 0 Å². The SMILES string of the molecule is Cn1c(=O)n(C2CCC(=O)NC2=O)c2ccc(CCC3CCC(C(=O)N4CC[C@H]5CC[C@@H](C(=O)N[C@@H](CCC(N)=O)C(=O)NCc6ccc(S(C)(=O)=O)cc6)N5C(=O)[C@@H](NC(=O)OC(C)(C)C)C4)CC3)cc21. The second-order valence-electron chi connectivity index (χ2n) is 20.7. The lowest BCUT2D eigenvalue weighted by atomic mass is 9.79. The van der Waals surface area contributed by atoms with E-state index in [4.69, 9.17) is 10.5 Å². The van der Waals surface area contributed by atoms with Crippen molar-refractivity contribution in [3.8, 4) is 0 Å². The van der Waals surface area contributed by atoms with Crippen molar-refractivity contribution in [3.05, 3.63) is 64.1 Å². The summed E-state index contributed by atoms with van der Waals surface area (Å²) in [5, 5.41) is 10.5. The monoisotopic (exact) mass is 1020 g/mol.